The molecular formula is C6H3ClFNO. The normalized spacial score (nSPS) is 9.40. The third kappa shape index (κ3) is 1.30. The Morgan fingerprint density at radius 1 is 1.60 bits per heavy atom. The molecule has 0 aliphatic rings. The molecule has 0 atom stereocenters. The number of carbonyl (C=O) groups excluding carboxylic acids is 1. The molecule has 1 aromatic rings. The Morgan fingerprint density at radius 3 is 2.80 bits per heavy atom. The Kier molecular flexibility index (Phi) is 1.97. The predicted molar refractivity (Wildman–Crippen MR) is 34.6 cm³/mol. The van der Waals surface area contributed by atoms with Crippen molar-refractivity contribution in [2.24, 2.45) is 0 Å². The minimum absolute atomic E-state index is 0.114. The lowest BCUT2D eigenvalue weighted by atomic mass is 10.4. The summed E-state index contributed by atoms with van der Waals surface area (Å²) in [6, 6.07) is 2.38. The zero-order valence-electron chi connectivity index (χ0n) is 4.84. The number of aromatic nitrogens is 1. The SMILES string of the molecule is O=Cc1nc(Cl)ccc1F. The van der Waals surface area contributed by atoms with Crippen molar-refractivity contribution in [3.63, 3.8) is 0 Å². The monoisotopic (exact) mass is 159 g/mol. The molecule has 2 nitrogen and oxygen atoms in total. The largest absolute Gasteiger partial charge is 0.296 e. The van der Waals surface area contributed by atoms with Gasteiger partial charge in [0.25, 0.3) is 0 Å². The highest BCUT2D eigenvalue weighted by molar-refractivity contribution is 6.29. The molecule has 10 heavy (non-hydrogen) atoms. The second-order valence-electron chi connectivity index (χ2n) is 1.62. The fraction of sp³-hybridized carbons (Fsp3) is 0. The summed E-state index contributed by atoms with van der Waals surface area (Å²) in [5.41, 5.74) is -0.257. The van der Waals surface area contributed by atoms with Crippen LogP contribution in [0.25, 0.3) is 0 Å². The molecule has 0 saturated heterocycles. The van der Waals surface area contributed by atoms with Crippen molar-refractivity contribution in [2.45, 2.75) is 0 Å². The third-order valence-electron chi connectivity index (χ3n) is 0.951. The van der Waals surface area contributed by atoms with E-state index in [0.717, 1.165) is 6.07 Å². The number of rotatable bonds is 1. The zero-order valence-corrected chi connectivity index (χ0v) is 5.60. The van der Waals surface area contributed by atoms with Gasteiger partial charge in [0.2, 0.25) is 0 Å². The van der Waals surface area contributed by atoms with Gasteiger partial charge in [-0.15, -0.1) is 0 Å². The van der Waals surface area contributed by atoms with E-state index >= 15 is 0 Å². The lowest BCUT2D eigenvalue weighted by molar-refractivity contribution is 0.111. The summed E-state index contributed by atoms with van der Waals surface area (Å²) >= 11 is 5.36. The first-order valence-electron chi connectivity index (χ1n) is 2.51. The average Bonchev–Trinajstić information content (AvgIpc) is 1.94. The van der Waals surface area contributed by atoms with Crippen molar-refractivity contribution in [1.82, 2.24) is 4.98 Å². The maximum Gasteiger partial charge on any atom is 0.171 e. The number of aldehydes is 1. The van der Waals surface area contributed by atoms with E-state index in [4.69, 9.17) is 11.6 Å². The molecule has 0 aliphatic heterocycles. The number of hydrogen-bond donors (Lipinski definition) is 0. The van der Waals surface area contributed by atoms with Crippen LogP contribution in [-0.2, 0) is 0 Å². The maximum absolute atomic E-state index is 12.4. The van der Waals surface area contributed by atoms with E-state index in [0.29, 0.717) is 6.29 Å². The van der Waals surface area contributed by atoms with Gasteiger partial charge in [0.05, 0.1) is 0 Å². The van der Waals surface area contributed by atoms with E-state index in [1.54, 1.807) is 0 Å². The van der Waals surface area contributed by atoms with Gasteiger partial charge in [-0.1, -0.05) is 11.6 Å². The fourth-order valence-electron chi connectivity index (χ4n) is 0.516. The van der Waals surface area contributed by atoms with Crippen LogP contribution in [0.3, 0.4) is 0 Å². The summed E-state index contributed by atoms with van der Waals surface area (Å²) in [4.78, 5) is 13.4. The molecule has 1 rings (SSSR count). The number of pyridine rings is 1. The van der Waals surface area contributed by atoms with E-state index in [1.165, 1.54) is 6.07 Å². The minimum Gasteiger partial charge on any atom is -0.296 e. The van der Waals surface area contributed by atoms with Crippen LogP contribution >= 0.6 is 11.6 Å². The topological polar surface area (TPSA) is 30.0 Å². The Balaban J connectivity index is 3.21. The minimum atomic E-state index is -0.653. The van der Waals surface area contributed by atoms with Crippen molar-refractivity contribution in [1.29, 1.82) is 0 Å². The van der Waals surface area contributed by atoms with Gasteiger partial charge < -0.3 is 0 Å². The van der Waals surface area contributed by atoms with Crippen molar-refractivity contribution in [2.75, 3.05) is 0 Å². The standard InChI is InChI=1S/C6H3ClFNO/c7-6-2-1-4(8)5(3-10)9-6/h1-3H. The maximum atomic E-state index is 12.4. The summed E-state index contributed by atoms with van der Waals surface area (Å²) in [7, 11) is 0. The molecule has 0 N–H and O–H groups in total. The Labute approximate surface area is 61.6 Å². The quantitative estimate of drug-likeness (QED) is 0.461. The highest BCUT2D eigenvalue weighted by Crippen LogP contribution is 2.07. The molecule has 0 saturated carbocycles. The molecule has 0 amide bonds. The molecule has 0 spiro atoms. The molecule has 1 heterocycles. The molecule has 0 fully saturated rings. The van der Waals surface area contributed by atoms with Gasteiger partial charge in [-0.3, -0.25) is 4.79 Å². The molecule has 52 valence electrons. The van der Waals surface area contributed by atoms with E-state index < -0.39 is 5.82 Å². The summed E-state index contributed by atoms with van der Waals surface area (Å²) in [6.45, 7) is 0. The van der Waals surface area contributed by atoms with Crippen LogP contribution in [-0.4, -0.2) is 11.3 Å². The lowest BCUT2D eigenvalue weighted by Gasteiger charge is -1.91. The Bertz CT molecular complexity index is 264. The summed E-state index contributed by atoms with van der Waals surface area (Å²) in [5, 5.41) is 0.114. The molecule has 1 aromatic heterocycles. The molecule has 4 heteroatoms. The first kappa shape index (κ1) is 7.15. The van der Waals surface area contributed by atoms with Gasteiger partial charge in [0.15, 0.2) is 12.1 Å². The van der Waals surface area contributed by atoms with Gasteiger partial charge >= 0.3 is 0 Å². The van der Waals surface area contributed by atoms with Crippen molar-refractivity contribution >= 4 is 17.9 Å². The number of carbonyl (C=O) groups is 1. The van der Waals surface area contributed by atoms with Crippen LogP contribution in [0.1, 0.15) is 10.5 Å². The van der Waals surface area contributed by atoms with Crippen LogP contribution in [0.5, 0.6) is 0 Å². The molecule has 0 radical (unpaired) electrons. The number of hydrogen-bond acceptors (Lipinski definition) is 2. The van der Waals surface area contributed by atoms with Crippen molar-refractivity contribution in [3.05, 3.63) is 28.8 Å². The smallest absolute Gasteiger partial charge is 0.171 e. The van der Waals surface area contributed by atoms with E-state index in [-0.39, 0.29) is 10.8 Å². The number of halogens is 2. The van der Waals surface area contributed by atoms with Crippen LogP contribution in [0.2, 0.25) is 5.15 Å². The highest BCUT2D eigenvalue weighted by atomic mass is 35.5. The molecule has 0 bridgehead atoms. The van der Waals surface area contributed by atoms with Crippen molar-refractivity contribution in [3.8, 4) is 0 Å². The van der Waals surface area contributed by atoms with Crippen LogP contribution in [0, 0.1) is 5.82 Å². The summed E-state index contributed by atoms with van der Waals surface area (Å²) < 4.78 is 12.4. The molecule has 0 unspecified atom stereocenters. The lowest BCUT2D eigenvalue weighted by Crippen LogP contribution is -1.91. The highest BCUT2D eigenvalue weighted by Gasteiger charge is 2.01. The van der Waals surface area contributed by atoms with E-state index in [9.17, 15) is 9.18 Å². The van der Waals surface area contributed by atoms with Gasteiger partial charge in [-0.05, 0) is 12.1 Å². The second-order valence-corrected chi connectivity index (χ2v) is 2.01. The van der Waals surface area contributed by atoms with Gasteiger partial charge in [0.1, 0.15) is 10.8 Å². The van der Waals surface area contributed by atoms with Crippen LogP contribution < -0.4 is 0 Å². The first-order chi connectivity index (χ1) is 4.74. The first-order valence-corrected chi connectivity index (χ1v) is 2.89. The summed E-state index contributed by atoms with van der Waals surface area (Å²) in [6.07, 6.45) is 0.321. The molecular weight excluding hydrogens is 157 g/mol. The summed E-state index contributed by atoms with van der Waals surface area (Å²) in [5.74, 6) is -0.653. The van der Waals surface area contributed by atoms with Crippen LogP contribution in [0.4, 0.5) is 4.39 Å². The average molecular weight is 160 g/mol. The van der Waals surface area contributed by atoms with Gasteiger partial charge in [0, 0.05) is 0 Å². The van der Waals surface area contributed by atoms with Crippen LogP contribution in [0.15, 0.2) is 12.1 Å². The fourth-order valence-corrected chi connectivity index (χ4v) is 0.670. The molecule has 0 aliphatic carbocycles. The van der Waals surface area contributed by atoms with Crippen molar-refractivity contribution < 1.29 is 9.18 Å². The zero-order chi connectivity index (χ0) is 7.56. The van der Waals surface area contributed by atoms with E-state index in [1.807, 2.05) is 0 Å². The predicted octanol–water partition coefficient (Wildman–Crippen LogP) is 1.69. The molecule has 0 aromatic carbocycles. The van der Waals surface area contributed by atoms with Gasteiger partial charge in [-0.25, -0.2) is 9.37 Å². The number of nitrogens with zero attached hydrogens (tertiary/aromatic N) is 1. The Hall–Kier alpha value is -0.960. The van der Waals surface area contributed by atoms with E-state index in [2.05, 4.69) is 4.98 Å². The second kappa shape index (κ2) is 2.75. The van der Waals surface area contributed by atoms with Gasteiger partial charge in [-0.2, -0.15) is 0 Å². The third-order valence-corrected chi connectivity index (χ3v) is 1.16. The Morgan fingerprint density at radius 2 is 2.30 bits per heavy atom.